The lowest BCUT2D eigenvalue weighted by molar-refractivity contribution is 0.0593. The number of aromatic nitrogens is 2. The number of pyridine rings is 1. The molecule has 0 bridgehead atoms. The Morgan fingerprint density at radius 1 is 1.36 bits per heavy atom. The van der Waals surface area contributed by atoms with Crippen LogP contribution in [0.2, 0.25) is 0 Å². The third-order valence-electron chi connectivity index (χ3n) is 3.77. The standard InChI is InChI=1S/C12H12IN3O2S.C5H10O/c1-7-5-15-11(14)4-9(7)8-3-10(12(17)18-2)16(6-8)19-13;1-2-4-6-5-3-1/h3-6H,1-2H3,(H2,14,15);1-5H2. The molecule has 1 aliphatic rings. The first-order chi connectivity index (χ1) is 12.1. The maximum Gasteiger partial charge on any atom is 0.355 e. The molecule has 0 aromatic carbocycles. The summed E-state index contributed by atoms with van der Waals surface area (Å²) >= 11 is 2.11. The summed E-state index contributed by atoms with van der Waals surface area (Å²) in [5, 5.41) is 0. The van der Waals surface area contributed by atoms with E-state index >= 15 is 0 Å². The molecule has 0 amide bonds. The number of carbonyl (C=O) groups is 1. The van der Waals surface area contributed by atoms with Gasteiger partial charge in [-0.2, -0.15) is 0 Å². The molecule has 8 heteroatoms. The number of hydrogen-bond acceptors (Lipinski definition) is 6. The fraction of sp³-hybridized carbons (Fsp3) is 0.412. The largest absolute Gasteiger partial charge is 0.464 e. The predicted octanol–water partition coefficient (Wildman–Crippen LogP) is 4.26. The quantitative estimate of drug-likeness (QED) is 0.528. The number of nitrogens with two attached hydrogens (primary N) is 1. The second kappa shape index (κ2) is 10.0. The minimum Gasteiger partial charge on any atom is -0.464 e. The minimum absolute atomic E-state index is 0.366. The van der Waals surface area contributed by atoms with Crippen LogP contribution in [0, 0.1) is 6.92 Å². The lowest BCUT2D eigenvalue weighted by atomic mass is 10.1. The highest BCUT2D eigenvalue weighted by Gasteiger charge is 2.16. The molecule has 1 aliphatic heterocycles. The lowest BCUT2D eigenvalue weighted by Gasteiger charge is -2.08. The molecule has 3 rings (SSSR count). The minimum atomic E-state index is -0.366. The van der Waals surface area contributed by atoms with E-state index in [-0.39, 0.29) is 5.97 Å². The molecular formula is C17H22IN3O3S. The van der Waals surface area contributed by atoms with Crippen molar-refractivity contribution >= 4 is 42.1 Å². The van der Waals surface area contributed by atoms with Gasteiger partial charge in [0.25, 0.3) is 0 Å². The first-order valence-electron chi connectivity index (χ1n) is 7.97. The molecule has 136 valence electrons. The molecule has 1 saturated heterocycles. The van der Waals surface area contributed by atoms with Gasteiger partial charge in [-0.15, -0.1) is 0 Å². The van der Waals surface area contributed by atoms with E-state index in [2.05, 4.69) is 26.2 Å². The fourth-order valence-corrected chi connectivity index (χ4v) is 3.77. The number of esters is 1. The molecule has 0 spiro atoms. The number of anilines is 1. The van der Waals surface area contributed by atoms with Crippen molar-refractivity contribution in [3.8, 4) is 11.1 Å². The number of rotatable bonds is 3. The molecular weight excluding hydrogens is 453 g/mol. The van der Waals surface area contributed by atoms with Crippen LogP contribution in [0.25, 0.3) is 11.1 Å². The first kappa shape index (κ1) is 20.1. The maximum absolute atomic E-state index is 11.7. The van der Waals surface area contributed by atoms with Crippen LogP contribution in [-0.2, 0) is 9.47 Å². The van der Waals surface area contributed by atoms with E-state index in [0.29, 0.717) is 11.5 Å². The summed E-state index contributed by atoms with van der Waals surface area (Å²) in [6.07, 6.45) is 7.53. The molecule has 0 unspecified atom stereocenters. The van der Waals surface area contributed by atoms with E-state index in [1.165, 1.54) is 35.5 Å². The van der Waals surface area contributed by atoms with Crippen molar-refractivity contribution in [2.24, 2.45) is 0 Å². The summed E-state index contributed by atoms with van der Waals surface area (Å²) in [6, 6.07) is 3.59. The number of aryl methyl sites for hydroxylation is 1. The SMILES string of the molecule is C1CCOCC1.COC(=O)c1cc(-c2cc(N)ncc2C)cn1SI. The molecule has 0 atom stereocenters. The van der Waals surface area contributed by atoms with Gasteiger partial charge in [-0.25, -0.2) is 9.78 Å². The van der Waals surface area contributed by atoms with Crippen molar-refractivity contribution in [1.82, 2.24) is 8.96 Å². The van der Waals surface area contributed by atoms with Crippen LogP contribution in [0.3, 0.4) is 0 Å². The van der Waals surface area contributed by atoms with Crippen molar-refractivity contribution in [3.63, 3.8) is 0 Å². The Kier molecular flexibility index (Phi) is 8.04. The molecule has 6 nitrogen and oxygen atoms in total. The molecule has 3 heterocycles. The summed E-state index contributed by atoms with van der Waals surface area (Å²) in [6.45, 7) is 3.95. The monoisotopic (exact) mass is 475 g/mol. The highest BCUT2D eigenvalue weighted by atomic mass is 127. The number of hydrogen-bond donors (Lipinski definition) is 1. The Morgan fingerprint density at radius 2 is 2.08 bits per heavy atom. The summed E-state index contributed by atoms with van der Waals surface area (Å²) < 4.78 is 11.6. The number of ether oxygens (including phenoxy) is 2. The lowest BCUT2D eigenvalue weighted by Crippen LogP contribution is -2.04. The van der Waals surface area contributed by atoms with Crippen molar-refractivity contribution < 1.29 is 14.3 Å². The van der Waals surface area contributed by atoms with Gasteiger partial charge in [0.2, 0.25) is 0 Å². The van der Waals surface area contributed by atoms with Crippen LogP contribution in [0.1, 0.15) is 35.3 Å². The van der Waals surface area contributed by atoms with Gasteiger partial charge in [-0.1, -0.05) is 0 Å². The molecule has 1 fully saturated rings. The average Bonchev–Trinajstić information content (AvgIpc) is 3.09. The van der Waals surface area contributed by atoms with Gasteiger partial charge in [0.05, 0.1) is 7.11 Å². The van der Waals surface area contributed by atoms with Gasteiger partial charge in [-0.3, -0.25) is 3.97 Å². The van der Waals surface area contributed by atoms with E-state index in [0.717, 1.165) is 29.9 Å². The Labute approximate surface area is 164 Å². The Balaban J connectivity index is 0.000000316. The predicted molar refractivity (Wildman–Crippen MR) is 110 cm³/mol. The van der Waals surface area contributed by atoms with Crippen LogP contribution in [0.15, 0.2) is 24.5 Å². The van der Waals surface area contributed by atoms with E-state index < -0.39 is 0 Å². The molecule has 2 aromatic rings. The molecule has 2 N–H and O–H groups in total. The van der Waals surface area contributed by atoms with Crippen molar-refractivity contribution in [1.29, 1.82) is 0 Å². The highest BCUT2D eigenvalue weighted by molar-refractivity contribution is 14.2. The number of halogens is 1. The zero-order valence-electron chi connectivity index (χ0n) is 14.3. The smallest absolute Gasteiger partial charge is 0.355 e. The topological polar surface area (TPSA) is 79.4 Å². The van der Waals surface area contributed by atoms with Gasteiger partial charge >= 0.3 is 5.97 Å². The van der Waals surface area contributed by atoms with E-state index in [1.54, 1.807) is 22.3 Å². The number of methoxy groups -OCH3 is 1. The van der Waals surface area contributed by atoms with Crippen LogP contribution < -0.4 is 5.73 Å². The zero-order chi connectivity index (χ0) is 18.2. The molecule has 2 aromatic heterocycles. The number of carbonyl (C=O) groups excluding carboxylic acids is 1. The fourth-order valence-electron chi connectivity index (χ4n) is 2.44. The van der Waals surface area contributed by atoms with E-state index in [4.69, 9.17) is 15.2 Å². The Bertz CT molecular complexity index is 706. The second-order valence-corrected chi connectivity index (χ2v) is 7.31. The van der Waals surface area contributed by atoms with Gasteiger partial charge in [0, 0.05) is 61.5 Å². The third kappa shape index (κ3) is 5.61. The van der Waals surface area contributed by atoms with Gasteiger partial charge in [0.15, 0.2) is 0 Å². The molecule has 0 radical (unpaired) electrons. The summed E-state index contributed by atoms with van der Waals surface area (Å²) in [7, 11) is 2.77. The summed E-state index contributed by atoms with van der Waals surface area (Å²) in [5.41, 5.74) is 9.08. The number of nitrogens with zero attached hydrogens (tertiary/aromatic N) is 2. The summed E-state index contributed by atoms with van der Waals surface area (Å²) in [5.74, 6) is 0.0881. The molecule has 25 heavy (non-hydrogen) atoms. The molecule has 0 aliphatic carbocycles. The van der Waals surface area contributed by atoms with Crippen LogP contribution in [-0.4, -0.2) is 35.2 Å². The van der Waals surface area contributed by atoms with Crippen LogP contribution in [0.4, 0.5) is 5.82 Å². The average molecular weight is 475 g/mol. The van der Waals surface area contributed by atoms with Crippen molar-refractivity contribution in [2.45, 2.75) is 26.2 Å². The zero-order valence-corrected chi connectivity index (χ0v) is 17.3. The van der Waals surface area contributed by atoms with Crippen molar-refractivity contribution in [2.75, 3.05) is 26.1 Å². The van der Waals surface area contributed by atoms with Gasteiger partial charge in [0.1, 0.15) is 11.5 Å². The molecule has 0 saturated carbocycles. The maximum atomic E-state index is 11.7. The Hall–Kier alpha value is -1.26. The second-order valence-electron chi connectivity index (χ2n) is 5.60. The first-order valence-corrected chi connectivity index (χ1v) is 11.3. The van der Waals surface area contributed by atoms with Gasteiger partial charge < -0.3 is 15.2 Å². The van der Waals surface area contributed by atoms with E-state index in [1.807, 2.05) is 13.1 Å². The van der Waals surface area contributed by atoms with E-state index in [9.17, 15) is 4.79 Å². The number of nitrogen functional groups attached to an aromatic ring is 1. The Morgan fingerprint density at radius 3 is 2.60 bits per heavy atom. The highest BCUT2D eigenvalue weighted by Crippen LogP contribution is 2.30. The van der Waals surface area contributed by atoms with Gasteiger partial charge in [-0.05, 0) is 49.4 Å². The van der Waals surface area contributed by atoms with Crippen LogP contribution in [0.5, 0.6) is 0 Å². The third-order valence-corrected chi connectivity index (χ3v) is 5.49. The summed E-state index contributed by atoms with van der Waals surface area (Å²) in [4.78, 5) is 15.7. The normalized spacial score (nSPS) is 13.7. The van der Waals surface area contributed by atoms with Crippen LogP contribution >= 0.6 is 30.3 Å². The van der Waals surface area contributed by atoms with Crippen molar-refractivity contribution in [3.05, 3.63) is 35.8 Å².